The summed E-state index contributed by atoms with van der Waals surface area (Å²) in [5.74, 6) is 0.249. The van der Waals surface area contributed by atoms with Crippen LogP contribution in [0.3, 0.4) is 0 Å². The van der Waals surface area contributed by atoms with Gasteiger partial charge in [0, 0.05) is 13.0 Å². The van der Waals surface area contributed by atoms with E-state index in [0.717, 1.165) is 6.42 Å². The quantitative estimate of drug-likeness (QED) is 0.543. The van der Waals surface area contributed by atoms with E-state index < -0.39 is 6.10 Å². The first-order valence-corrected chi connectivity index (χ1v) is 7.69. The Bertz CT molecular complexity index is 252. The van der Waals surface area contributed by atoms with Gasteiger partial charge >= 0.3 is 0 Å². The van der Waals surface area contributed by atoms with E-state index in [1.54, 1.807) is 7.11 Å². The van der Waals surface area contributed by atoms with Gasteiger partial charge in [0.1, 0.15) is 12.2 Å². The standard InChI is InChI=1S/C16H30O3/c1-4-5-6-7-8-9-10-11-14-15(17)16(18-3)13(2)12-19-14/h10-11,13-17H,4-9,12H2,1-3H3/t13-,14+,15+,16+/m1/s1. The third kappa shape index (κ3) is 5.64. The zero-order chi connectivity index (χ0) is 14.1. The number of hydrogen-bond donors (Lipinski definition) is 1. The highest BCUT2D eigenvalue weighted by Crippen LogP contribution is 2.23. The zero-order valence-electron chi connectivity index (χ0n) is 12.7. The predicted octanol–water partition coefficient (Wildman–Crippen LogP) is 3.31. The van der Waals surface area contributed by atoms with Gasteiger partial charge in [-0.3, -0.25) is 0 Å². The van der Waals surface area contributed by atoms with Crippen LogP contribution >= 0.6 is 0 Å². The van der Waals surface area contributed by atoms with Gasteiger partial charge in [-0.2, -0.15) is 0 Å². The minimum atomic E-state index is -0.551. The van der Waals surface area contributed by atoms with E-state index in [9.17, 15) is 5.11 Å². The average Bonchev–Trinajstić information content (AvgIpc) is 2.40. The van der Waals surface area contributed by atoms with Crippen LogP contribution in [0.2, 0.25) is 0 Å². The number of ether oxygens (including phenoxy) is 2. The van der Waals surface area contributed by atoms with Crippen LogP contribution in [0.25, 0.3) is 0 Å². The van der Waals surface area contributed by atoms with Crippen LogP contribution in [-0.4, -0.2) is 37.1 Å². The van der Waals surface area contributed by atoms with Crippen LogP contribution in [0.4, 0.5) is 0 Å². The molecule has 1 fully saturated rings. The Morgan fingerprint density at radius 3 is 2.68 bits per heavy atom. The minimum absolute atomic E-state index is 0.118. The van der Waals surface area contributed by atoms with Gasteiger partial charge in [-0.15, -0.1) is 0 Å². The fourth-order valence-electron chi connectivity index (χ4n) is 2.62. The molecule has 1 aliphatic rings. The molecule has 0 unspecified atom stereocenters. The average molecular weight is 270 g/mol. The fourth-order valence-corrected chi connectivity index (χ4v) is 2.62. The summed E-state index contributed by atoms with van der Waals surface area (Å²) < 4.78 is 11.0. The van der Waals surface area contributed by atoms with Crippen molar-refractivity contribution in [1.82, 2.24) is 0 Å². The maximum Gasteiger partial charge on any atom is 0.110 e. The molecule has 0 aliphatic carbocycles. The highest BCUT2D eigenvalue weighted by atomic mass is 16.5. The first kappa shape index (κ1) is 16.7. The smallest absolute Gasteiger partial charge is 0.110 e. The molecule has 0 radical (unpaired) electrons. The largest absolute Gasteiger partial charge is 0.387 e. The van der Waals surface area contributed by atoms with Crippen molar-refractivity contribution >= 4 is 0 Å². The normalized spacial score (nSPS) is 32.0. The van der Waals surface area contributed by atoms with Gasteiger partial charge < -0.3 is 14.6 Å². The van der Waals surface area contributed by atoms with Crippen LogP contribution < -0.4 is 0 Å². The van der Waals surface area contributed by atoms with Crippen LogP contribution in [0.1, 0.15) is 52.4 Å². The minimum Gasteiger partial charge on any atom is -0.387 e. The number of hydrogen-bond acceptors (Lipinski definition) is 3. The highest BCUT2D eigenvalue weighted by Gasteiger charge is 2.35. The van der Waals surface area contributed by atoms with Crippen molar-refractivity contribution in [1.29, 1.82) is 0 Å². The number of methoxy groups -OCH3 is 1. The summed E-state index contributed by atoms with van der Waals surface area (Å²) in [5.41, 5.74) is 0. The Hall–Kier alpha value is -0.380. The molecule has 0 spiro atoms. The second-order valence-electron chi connectivity index (χ2n) is 5.60. The molecule has 19 heavy (non-hydrogen) atoms. The third-order valence-electron chi connectivity index (χ3n) is 3.86. The van der Waals surface area contributed by atoms with Crippen molar-refractivity contribution in [2.24, 2.45) is 5.92 Å². The topological polar surface area (TPSA) is 38.7 Å². The van der Waals surface area contributed by atoms with Crippen molar-refractivity contribution in [2.75, 3.05) is 13.7 Å². The molecule has 3 heteroatoms. The van der Waals surface area contributed by atoms with Gasteiger partial charge in [0.2, 0.25) is 0 Å². The molecule has 1 aliphatic heterocycles. The third-order valence-corrected chi connectivity index (χ3v) is 3.86. The lowest BCUT2D eigenvalue weighted by atomic mass is 9.93. The van der Waals surface area contributed by atoms with Crippen LogP contribution in [0.15, 0.2) is 12.2 Å². The highest BCUT2D eigenvalue weighted by molar-refractivity contribution is 4.99. The van der Waals surface area contributed by atoms with Crippen LogP contribution in [0.5, 0.6) is 0 Å². The lowest BCUT2D eigenvalue weighted by Crippen LogP contribution is -2.49. The van der Waals surface area contributed by atoms with Crippen LogP contribution in [0, 0.1) is 5.92 Å². The monoisotopic (exact) mass is 270 g/mol. The van der Waals surface area contributed by atoms with Gasteiger partial charge in [0.05, 0.1) is 12.7 Å². The molecule has 1 heterocycles. The molecule has 112 valence electrons. The number of rotatable bonds is 8. The second kappa shape index (κ2) is 9.51. The van der Waals surface area contributed by atoms with E-state index in [-0.39, 0.29) is 18.1 Å². The summed E-state index contributed by atoms with van der Waals surface area (Å²) in [4.78, 5) is 0. The van der Waals surface area contributed by atoms with Crippen molar-refractivity contribution < 1.29 is 14.6 Å². The maximum absolute atomic E-state index is 10.2. The molecule has 0 amide bonds. The Morgan fingerprint density at radius 2 is 2.00 bits per heavy atom. The summed E-state index contributed by atoms with van der Waals surface area (Å²) >= 11 is 0. The van der Waals surface area contributed by atoms with E-state index in [1.165, 1.54) is 32.1 Å². The number of unbranched alkanes of at least 4 members (excludes halogenated alkanes) is 5. The Kier molecular flexibility index (Phi) is 8.35. The molecule has 0 bridgehead atoms. The molecule has 1 N–H and O–H groups in total. The Labute approximate surface area is 118 Å². The van der Waals surface area contributed by atoms with Crippen molar-refractivity contribution in [2.45, 2.75) is 70.7 Å². The van der Waals surface area contributed by atoms with E-state index in [1.807, 2.05) is 13.0 Å². The predicted molar refractivity (Wildman–Crippen MR) is 78.2 cm³/mol. The van der Waals surface area contributed by atoms with Gasteiger partial charge in [0.15, 0.2) is 0 Å². The summed E-state index contributed by atoms with van der Waals surface area (Å²) in [6, 6.07) is 0. The molecule has 0 saturated carbocycles. The van der Waals surface area contributed by atoms with E-state index >= 15 is 0 Å². The number of allylic oxidation sites excluding steroid dienone is 1. The van der Waals surface area contributed by atoms with Gasteiger partial charge in [-0.25, -0.2) is 0 Å². The molecule has 1 rings (SSSR count). The van der Waals surface area contributed by atoms with E-state index in [0.29, 0.717) is 6.61 Å². The lowest BCUT2D eigenvalue weighted by molar-refractivity contribution is -0.155. The zero-order valence-corrected chi connectivity index (χ0v) is 12.7. The summed E-state index contributed by atoms with van der Waals surface area (Å²) in [7, 11) is 1.66. The maximum atomic E-state index is 10.2. The van der Waals surface area contributed by atoms with Crippen molar-refractivity contribution in [3.8, 4) is 0 Å². The summed E-state index contributed by atoms with van der Waals surface area (Å²) in [6.45, 7) is 4.93. The molecule has 0 aromatic rings. The lowest BCUT2D eigenvalue weighted by Gasteiger charge is -2.36. The number of aliphatic hydroxyl groups is 1. The molecule has 3 nitrogen and oxygen atoms in total. The first-order valence-electron chi connectivity index (χ1n) is 7.69. The van der Waals surface area contributed by atoms with E-state index in [2.05, 4.69) is 13.0 Å². The summed E-state index contributed by atoms with van der Waals surface area (Å²) in [6.07, 6.45) is 10.8. The second-order valence-corrected chi connectivity index (χ2v) is 5.60. The molecule has 1 saturated heterocycles. The number of aliphatic hydroxyl groups excluding tert-OH is 1. The Morgan fingerprint density at radius 1 is 1.26 bits per heavy atom. The van der Waals surface area contributed by atoms with Crippen molar-refractivity contribution in [3.05, 3.63) is 12.2 Å². The van der Waals surface area contributed by atoms with Gasteiger partial charge in [-0.1, -0.05) is 51.7 Å². The molecule has 4 atom stereocenters. The SMILES string of the molecule is CCCCCCCC=C[C@@H]1OC[C@@H](C)[C@H](OC)[C@H]1O. The summed E-state index contributed by atoms with van der Waals surface area (Å²) in [5, 5.41) is 10.2. The van der Waals surface area contributed by atoms with Gasteiger partial charge in [-0.05, 0) is 12.8 Å². The molecular weight excluding hydrogens is 240 g/mol. The molecule has 0 aromatic heterocycles. The van der Waals surface area contributed by atoms with Crippen molar-refractivity contribution in [3.63, 3.8) is 0 Å². The molecule has 0 aromatic carbocycles. The fraction of sp³-hybridized carbons (Fsp3) is 0.875. The first-order chi connectivity index (χ1) is 9.20. The van der Waals surface area contributed by atoms with Crippen LogP contribution in [-0.2, 0) is 9.47 Å². The Balaban J connectivity index is 2.24. The molecular formula is C16H30O3. The van der Waals surface area contributed by atoms with Gasteiger partial charge in [0.25, 0.3) is 0 Å². The van der Waals surface area contributed by atoms with E-state index in [4.69, 9.17) is 9.47 Å².